The third-order valence-electron chi connectivity index (χ3n) is 4.99. The number of halogens is 1. The highest BCUT2D eigenvalue weighted by Crippen LogP contribution is 2.45. The highest BCUT2D eigenvalue weighted by Gasteiger charge is 2.54. The zero-order valence-electron chi connectivity index (χ0n) is 16.1. The van der Waals surface area contributed by atoms with Crippen molar-refractivity contribution in [1.82, 2.24) is 0 Å². The third kappa shape index (κ3) is 4.18. The van der Waals surface area contributed by atoms with Crippen LogP contribution >= 0.6 is 15.9 Å². The Morgan fingerprint density at radius 2 is 1.85 bits per heavy atom. The van der Waals surface area contributed by atoms with Crippen LogP contribution in [0, 0.1) is 0 Å². The molecule has 1 fully saturated rings. The van der Waals surface area contributed by atoms with Crippen molar-refractivity contribution in [2.45, 2.75) is 58.1 Å². The minimum absolute atomic E-state index is 0.00641. The minimum atomic E-state index is -0.644. The minimum Gasteiger partial charge on any atom is -0.504 e. The molecule has 0 saturated carbocycles. The molecular formula is C18H26BBrO6. The van der Waals surface area contributed by atoms with E-state index in [1.807, 2.05) is 27.7 Å². The van der Waals surface area contributed by atoms with Crippen LogP contribution in [0.4, 0.5) is 0 Å². The number of carbonyl (C=O) groups excluding carboxylic acids is 1. The number of esters is 1. The van der Waals surface area contributed by atoms with E-state index in [0.717, 1.165) is 5.56 Å². The molecule has 1 unspecified atom stereocenters. The van der Waals surface area contributed by atoms with Crippen LogP contribution in [0.15, 0.2) is 16.6 Å². The summed E-state index contributed by atoms with van der Waals surface area (Å²) < 4.78 is 23.3. The number of hydrogen-bond donors (Lipinski definition) is 1. The van der Waals surface area contributed by atoms with Crippen LogP contribution in [-0.2, 0) is 18.8 Å². The molecular weight excluding hydrogens is 403 g/mol. The van der Waals surface area contributed by atoms with Crippen LogP contribution in [0.5, 0.6) is 11.5 Å². The first-order chi connectivity index (χ1) is 12.0. The Bertz CT molecular complexity index is 660. The number of benzene rings is 1. The summed E-state index contributed by atoms with van der Waals surface area (Å²) >= 11 is 3.47. The van der Waals surface area contributed by atoms with E-state index in [1.165, 1.54) is 13.2 Å². The highest BCUT2D eigenvalue weighted by molar-refractivity contribution is 9.10. The first kappa shape index (κ1) is 21.1. The van der Waals surface area contributed by atoms with E-state index >= 15 is 0 Å². The SMILES string of the molecule is CCOC(=O)CC(B1OC(C)(C)C(C)(C)O1)c1cc(OC)c(O)cc1Br. The van der Waals surface area contributed by atoms with Crippen molar-refractivity contribution < 1.29 is 28.7 Å². The molecule has 2 rings (SSSR count). The second-order valence-corrected chi connectivity index (χ2v) is 8.14. The predicted octanol–water partition coefficient (Wildman–Crippen LogP) is 3.83. The number of methoxy groups -OCH3 is 1. The number of rotatable bonds is 6. The zero-order valence-corrected chi connectivity index (χ0v) is 17.7. The van der Waals surface area contributed by atoms with Crippen molar-refractivity contribution >= 4 is 29.0 Å². The molecule has 1 aromatic carbocycles. The molecule has 0 radical (unpaired) electrons. The number of aromatic hydroxyl groups is 1. The molecule has 1 heterocycles. The largest absolute Gasteiger partial charge is 0.504 e. The summed E-state index contributed by atoms with van der Waals surface area (Å²) in [5.41, 5.74) is -0.318. The average Bonchev–Trinajstić information content (AvgIpc) is 2.74. The van der Waals surface area contributed by atoms with Gasteiger partial charge in [-0.15, -0.1) is 0 Å². The molecule has 8 heteroatoms. The van der Waals surface area contributed by atoms with Gasteiger partial charge in [-0.25, -0.2) is 0 Å². The van der Waals surface area contributed by atoms with E-state index in [0.29, 0.717) is 16.8 Å². The maximum atomic E-state index is 12.2. The van der Waals surface area contributed by atoms with E-state index in [2.05, 4.69) is 15.9 Å². The Hall–Kier alpha value is -1.25. The van der Waals surface area contributed by atoms with Crippen molar-refractivity contribution in [3.8, 4) is 11.5 Å². The number of phenols is 1. The molecule has 0 amide bonds. The maximum absolute atomic E-state index is 12.2. The smallest absolute Gasteiger partial charge is 0.466 e. The van der Waals surface area contributed by atoms with E-state index in [9.17, 15) is 9.90 Å². The standard InChI is InChI=1S/C18H26BBrO6/c1-7-24-16(22)9-12(19-25-17(2,3)18(4,5)26-19)11-8-15(23-6)14(21)10-13(11)20/h8,10,12,21H,7,9H2,1-6H3. The van der Waals surface area contributed by atoms with Crippen LogP contribution in [0.1, 0.15) is 52.4 Å². The second kappa shape index (κ2) is 7.78. The van der Waals surface area contributed by atoms with Crippen molar-refractivity contribution in [2.75, 3.05) is 13.7 Å². The Balaban J connectivity index is 2.44. The number of phenolic OH excluding ortho intramolecular Hbond substituents is 1. The molecule has 6 nitrogen and oxygen atoms in total. The molecule has 1 aliphatic heterocycles. The normalized spacial score (nSPS) is 19.3. The van der Waals surface area contributed by atoms with Crippen LogP contribution in [0.2, 0.25) is 0 Å². The fourth-order valence-corrected chi connectivity index (χ4v) is 3.44. The summed E-state index contributed by atoms with van der Waals surface area (Å²) in [6, 6.07) is 3.23. The van der Waals surface area contributed by atoms with E-state index in [1.54, 1.807) is 13.0 Å². The number of hydrogen-bond acceptors (Lipinski definition) is 6. The lowest BCUT2D eigenvalue weighted by Gasteiger charge is -2.32. The quantitative estimate of drug-likeness (QED) is 0.548. The lowest BCUT2D eigenvalue weighted by Crippen LogP contribution is -2.41. The first-order valence-electron chi connectivity index (χ1n) is 8.60. The van der Waals surface area contributed by atoms with Gasteiger partial charge < -0.3 is 23.9 Å². The van der Waals surface area contributed by atoms with Crippen LogP contribution in [0.25, 0.3) is 0 Å². The fraction of sp³-hybridized carbons (Fsp3) is 0.611. The lowest BCUT2D eigenvalue weighted by atomic mass is 9.66. The molecule has 0 aliphatic carbocycles. The van der Waals surface area contributed by atoms with Gasteiger partial charge in [0.25, 0.3) is 0 Å². The third-order valence-corrected chi connectivity index (χ3v) is 5.68. The van der Waals surface area contributed by atoms with Gasteiger partial charge in [0.05, 0.1) is 31.3 Å². The summed E-state index contributed by atoms with van der Waals surface area (Å²) in [5, 5.41) is 9.99. The first-order valence-corrected chi connectivity index (χ1v) is 9.39. The molecule has 1 N–H and O–H groups in total. The van der Waals surface area contributed by atoms with Gasteiger partial charge in [0.1, 0.15) is 0 Å². The average molecular weight is 429 g/mol. The Labute approximate surface area is 163 Å². The molecule has 0 bridgehead atoms. The second-order valence-electron chi connectivity index (χ2n) is 7.29. The molecule has 1 aliphatic rings. The molecule has 1 aromatic rings. The summed E-state index contributed by atoms with van der Waals surface area (Å²) in [4.78, 5) is 12.2. The molecule has 26 heavy (non-hydrogen) atoms. The Kier molecular flexibility index (Phi) is 6.30. The van der Waals surface area contributed by atoms with Gasteiger partial charge >= 0.3 is 13.1 Å². The van der Waals surface area contributed by atoms with Gasteiger partial charge in [-0.3, -0.25) is 4.79 Å². The molecule has 0 aromatic heterocycles. The molecule has 0 spiro atoms. The fourth-order valence-electron chi connectivity index (χ4n) is 2.81. The summed E-state index contributed by atoms with van der Waals surface area (Å²) in [6.45, 7) is 9.90. The Morgan fingerprint density at radius 1 is 1.27 bits per heavy atom. The van der Waals surface area contributed by atoms with Gasteiger partial charge in [0.15, 0.2) is 11.5 Å². The van der Waals surface area contributed by atoms with Gasteiger partial charge in [-0.05, 0) is 52.3 Å². The van der Waals surface area contributed by atoms with Crippen molar-refractivity contribution in [3.05, 3.63) is 22.2 Å². The maximum Gasteiger partial charge on any atom is 0.466 e. The number of ether oxygens (including phenoxy) is 2. The summed E-state index contributed by atoms with van der Waals surface area (Å²) in [5.74, 6) is -0.453. The van der Waals surface area contributed by atoms with Gasteiger partial charge in [0.2, 0.25) is 0 Å². The van der Waals surface area contributed by atoms with Crippen molar-refractivity contribution in [1.29, 1.82) is 0 Å². The summed E-state index contributed by atoms with van der Waals surface area (Å²) in [7, 11) is 0.831. The molecule has 1 atom stereocenters. The van der Waals surface area contributed by atoms with Gasteiger partial charge in [-0.2, -0.15) is 0 Å². The van der Waals surface area contributed by atoms with Crippen LogP contribution in [-0.4, -0.2) is 43.1 Å². The van der Waals surface area contributed by atoms with E-state index < -0.39 is 24.1 Å². The van der Waals surface area contributed by atoms with Crippen LogP contribution < -0.4 is 4.74 Å². The Morgan fingerprint density at radius 3 is 2.35 bits per heavy atom. The van der Waals surface area contributed by atoms with Crippen molar-refractivity contribution in [3.63, 3.8) is 0 Å². The molecule has 144 valence electrons. The lowest BCUT2D eigenvalue weighted by molar-refractivity contribution is -0.143. The molecule has 1 saturated heterocycles. The number of carbonyl (C=O) groups is 1. The van der Waals surface area contributed by atoms with E-state index in [-0.39, 0.29) is 18.1 Å². The van der Waals surface area contributed by atoms with E-state index in [4.69, 9.17) is 18.8 Å². The summed E-state index contributed by atoms with van der Waals surface area (Å²) in [6.07, 6.45) is 0.0806. The van der Waals surface area contributed by atoms with Crippen molar-refractivity contribution in [2.24, 2.45) is 0 Å². The van der Waals surface area contributed by atoms with Gasteiger partial charge in [-0.1, -0.05) is 15.9 Å². The topological polar surface area (TPSA) is 74.2 Å². The highest BCUT2D eigenvalue weighted by atomic mass is 79.9. The van der Waals surface area contributed by atoms with Gasteiger partial charge in [0, 0.05) is 10.3 Å². The van der Waals surface area contributed by atoms with Crippen LogP contribution in [0.3, 0.4) is 0 Å². The monoisotopic (exact) mass is 428 g/mol. The predicted molar refractivity (Wildman–Crippen MR) is 102 cm³/mol. The zero-order chi connectivity index (χ0) is 19.7.